The number of sulfonamides is 1. The summed E-state index contributed by atoms with van der Waals surface area (Å²) in [5.74, 6) is -0.408. The molecule has 2 heterocycles. The highest BCUT2D eigenvalue weighted by Gasteiger charge is 2.26. The van der Waals surface area contributed by atoms with Gasteiger partial charge in [0.25, 0.3) is 5.56 Å². The number of nitrogens with zero attached hydrogens (tertiary/aromatic N) is 3. The van der Waals surface area contributed by atoms with Crippen LogP contribution in [-0.2, 0) is 14.8 Å². The third kappa shape index (κ3) is 6.10. The smallest absolute Gasteiger partial charge is 0.267 e. The van der Waals surface area contributed by atoms with Crippen molar-refractivity contribution in [1.29, 1.82) is 0 Å². The number of halogens is 1. The molecule has 2 aromatic carbocycles. The molecule has 41 heavy (non-hydrogen) atoms. The third-order valence-corrected chi connectivity index (χ3v) is 11.5. The van der Waals surface area contributed by atoms with Gasteiger partial charge in [0.1, 0.15) is 4.83 Å². The second kappa shape index (κ2) is 12.3. The molecule has 4 rings (SSSR count). The molecule has 2 aromatic heterocycles. The molecular formula is C29H33ClN4O4S3. The van der Waals surface area contributed by atoms with E-state index in [0.29, 0.717) is 34.1 Å². The fraction of sp³-hybridized carbons (Fsp3) is 0.345. The van der Waals surface area contributed by atoms with Gasteiger partial charge in [0.05, 0.1) is 31.9 Å². The number of aromatic nitrogens is 2. The number of aryl methyl sites for hydroxylation is 4. The van der Waals surface area contributed by atoms with Gasteiger partial charge in [0.2, 0.25) is 15.9 Å². The first kappa shape index (κ1) is 31.2. The topological polar surface area (TPSA) is 101 Å². The van der Waals surface area contributed by atoms with E-state index in [1.807, 2.05) is 45.9 Å². The molecule has 1 unspecified atom stereocenters. The van der Waals surface area contributed by atoms with Gasteiger partial charge in [-0.3, -0.25) is 14.2 Å². The molecule has 1 atom stereocenters. The highest BCUT2D eigenvalue weighted by atomic mass is 35.5. The van der Waals surface area contributed by atoms with Crippen molar-refractivity contribution in [3.8, 4) is 5.69 Å². The minimum absolute atomic E-state index is 0.0421. The number of amides is 1. The van der Waals surface area contributed by atoms with Crippen LogP contribution in [0.2, 0.25) is 5.02 Å². The third-order valence-electron chi connectivity index (χ3n) is 6.97. The monoisotopic (exact) mass is 632 g/mol. The zero-order valence-electron chi connectivity index (χ0n) is 24.0. The predicted molar refractivity (Wildman–Crippen MR) is 170 cm³/mol. The van der Waals surface area contributed by atoms with E-state index in [9.17, 15) is 18.0 Å². The molecule has 0 aliphatic carbocycles. The zero-order valence-corrected chi connectivity index (χ0v) is 27.2. The largest absolute Gasteiger partial charge is 0.324 e. The molecule has 0 radical (unpaired) electrons. The lowest BCUT2D eigenvalue weighted by Crippen LogP contribution is -2.30. The van der Waals surface area contributed by atoms with Crippen LogP contribution in [-0.4, -0.2) is 46.5 Å². The number of nitrogens with one attached hydrogen (secondary N) is 1. The molecular weight excluding hydrogens is 600 g/mol. The van der Waals surface area contributed by atoms with E-state index in [0.717, 1.165) is 33.3 Å². The summed E-state index contributed by atoms with van der Waals surface area (Å²) in [6.45, 7) is 13.7. The first-order valence-corrected chi connectivity index (χ1v) is 16.7. The Morgan fingerprint density at radius 1 is 1.12 bits per heavy atom. The van der Waals surface area contributed by atoms with Crippen LogP contribution in [0.5, 0.6) is 0 Å². The maximum atomic E-state index is 13.9. The van der Waals surface area contributed by atoms with E-state index in [2.05, 4.69) is 5.32 Å². The summed E-state index contributed by atoms with van der Waals surface area (Å²) in [5, 5.41) is 3.26. The van der Waals surface area contributed by atoms with Crippen LogP contribution in [0.4, 0.5) is 5.69 Å². The number of hydrogen-bond acceptors (Lipinski definition) is 7. The maximum absolute atomic E-state index is 13.9. The van der Waals surface area contributed by atoms with Crippen molar-refractivity contribution in [1.82, 2.24) is 13.9 Å². The Balaban J connectivity index is 1.72. The van der Waals surface area contributed by atoms with E-state index in [4.69, 9.17) is 16.6 Å². The average Bonchev–Trinajstić information content (AvgIpc) is 3.20. The molecule has 0 aliphatic rings. The summed E-state index contributed by atoms with van der Waals surface area (Å²) < 4.78 is 29.0. The van der Waals surface area contributed by atoms with E-state index in [-0.39, 0.29) is 21.2 Å². The molecule has 4 aromatic rings. The predicted octanol–water partition coefficient (Wildman–Crippen LogP) is 6.48. The molecule has 0 saturated carbocycles. The average molecular weight is 633 g/mol. The molecule has 0 fully saturated rings. The van der Waals surface area contributed by atoms with Crippen molar-refractivity contribution in [2.45, 2.75) is 63.8 Å². The minimum atomic E-state index is -3.74. The first-order valence-electron chi connectivity index (χ1n) is 13.2. The Labute approximate surface area is 253 Å². The molecule has 0 saturated heterocycles. The Morgan fingerprint density at radius 2 is 1.80 bits per heavy atom. The van der Waals surface area contributed by atoms with Gasteiger partial charge < -0.3 is 5.32 Å². The van der Waals surface area contributed by atoms with E-state index in [1.54, 1.807) is 25.3 Å². The number of thioether (sulfide) groups is 1. The SMILES string of the molecule is CCN(CC)S(=O)(=O)c1ccc(Cl)c(NC(=O)C(C)Sc2nc3sc(C)c(C)c3c(=O)n2-c2cc(C)ccc2C)c1. The van der Waals surface area contributed by atoms with Crippen LogP contribution in [0.3, 0.4) is 0 Å². The van der Waals surface area contributed by atoms with Gasteiger partial charge in [-0.15, -0.1) is 11.3 Å². The van der Waals surface area contributed by atoms with Gasteiger partial charge in [-0.1, -0.05) is 49.3 Å². The molecule has 0 spiro atoms. The summed E-state index contributed by atoms with van der Waals surface area (Å²) in [7, 11) is -3.74. The quantitative estimate of drug-likeness (QED) is 0.167. The Hall–Kier alpha value is -2.70. The normalized spacial score (nSPS) is 12.7. The molecule has 0 bridgehead atoms. The lowest BCUT2D eigenvalue weighted by molar-refractivity contribution is -0.115. The van der Waals surface area contributed by atoms with Gasteiger partial charge in [0, 0.05) is 18.0 Å². The van der Waals surface area contributed by atoms with Crippen LogP contribution >= 0.6 is 34.7 Å². The first-order chi connectivity index (χ1) is 19.3. The van der Waals surface area contributed by atoms with Crippen molar-refractivity contribution in [3.05, 3.63) is 73.3 Å². The Morgan fingerprint density at radius 3 is 2.46 bits per heavy atom. The number of fused-ring (bicyclic) bond motifs is 1. The van der Waals surface area contributed by atoms with Crippen molar-refractivity contribution in [2.75, 3.05) is 18.4 Å². The van der Waals surface area contributed by atoms with Crippen LogP contribution in [0.15, 0.2) is 51.2 Å². The fourth-order valence-corrected chi connectivity index (χ4v) is 8.09. The molecule has 12 heteroatoms. The number of thiophene rings is 1. The number of carbonyl (C=O) groups excluding carboxylic acids is 1. The summed E-state index contributed by atoms with van der Waals surface area (Å²) in [4.78, 5) is 33.8. The van der Waals surface area contributed by atoms with Crippen LogP contribution in [0, 0.1) is 27.7 Å². The van der Waals surface area contributed by atoms with Crippen LogP contribution in [0.1, 0.15) is 42.3 Å². The highest BCUT2D eigenvalue weighted by Crippen LogP contribution is 2.33. The lowest BCUT2D eigenvalue weighted by atomic mass is 10.1. The van der Waals surface area contributed by atoms with Gasteiger partial charge in [-0.2, -0.15) is 4.31 Å². The van der Waals surface area contributed by atoms with Crippen molar-refractivity contribution in [2.24, 2.45) is 0 Å². The van der Waals surface area contributed by atoms with Gasteiger partial charge in [-0.05, 0) is 75.6 Å². The van der Waals surface area contributed by atoms with Crippen molar-refractivity contribution < 1.29 is 13.2 Å². The molecule has 1 N–H and O–H groups in total. The lowest BCUT2D eigenvalue weighted by Gasteiger charge is -2.20. The summed E-state index contributed by atoms with van der Waals surface area (Å²) in [6, 6.07) is 10.1. The van der Waals surface area contributed by atoms with E-state index >= 15 is 0 Å². The van der Waals surface area contributed by atoms with Gasteiger partial charge >= 0.3 is 0 Å². The van der Waals surface area contributed by atoms with Crippen LogP contribution in [0.25, 0.3) is 15.9 Å². The Bertz CT molecular complexity index is 1810. The van der Waals surface area contributed by atoms with Gasteiger partial charge in [0.15, 0.2) is 5.16 Å². The van der Waals surface area contributed by atoms with Gasteiger partial charge in [-0.25, -0.2) is 13.4 Å². The molecule has 218 valence electrons. The molecule has 1 amide bonds. The maximum Gasteiger partial charge on any atom is 0.267 e. The van der Waals surface area contributed by atoms with E-state index < -0.39 is 21.2 Å². The summed E-state index contributed by atoms with van der Waals surface area (Å²) >= 11 is 8.96. The van der Waals surface area contributed by atoms with E-state index in [1.165, 1.54) is 33.8 Å². The highest BCUT2D eigenvalue weighted by molar-refractivity contribution is 8.00. The summed E-state index contributed by atoms with van der Waals surface area (Å²) in [5.41, 5.74) is 3.51. The molecule has 0 aliphatic heterocycles. The standard InChI is InChI=1S/C29H33ClN4O4S3/c1-8-33(9-2)41(37,38)21-12-13-22(30)23(15-21)31-26(35)20(7)40-29-32-27-25(18(5)19(6)39-27)28(36)34(29)24-14-16(3)10-11-17(24)4/h10-15,20H,8-9H2,1-7H3,(H,31,35). The Kier molecular flexibility index (Phi) is 9.35. The number of anilines is 1. The summed E-state index contributed by atoms with van der Waals surface area (Å²) in [6.07, 6.45) is 0. The zero-order chi connectivity index (χ0) is 30.2. The second-order valence-electron chi connectivity index (χ2n) is 9.77. The van der Waals surface area contributed by atoms with Crippen molar-refractivity contribution in [3.63, 3.8) is 0 Å². The van der Waals surface area contributed by atoms with Crippen LogP contribution < -0.4 is 10.9 Å². The van der Waals surface area contributed by atoms with Crippen molar-refractivity contribution >= 4 is 66.5 Å². The molecule has 8 nitrogen and oxygen atoms in total. The number of rotatable bonds is 9. The number of carbonyl (C=O) groups is 1. The number of hydrogen-bond donors (Lipinski definition) is 1. The second-order valence-corrected chi connectivity index (χ2v) is 14.6. The fourth-order valence-electron chi connectivity index (χ4n) is 4.45. The minimum Gasteiger partial charge on any atom is -0.324 e. The number of benzene rings is 2.